The fourth-order valence-corrected chi connectivity index (χ4v) is 7.58. The average Bonchev–Trinajstić information content (AvgIpc) is 3.06. The molecule has 0 atom stereocenters. The highest BCUT2D eigenvalue weighted by atomic mass is 16.5. The lowest BCUT2D eigenvalue weighted by atomic mass is 9.72. The highest BCUT2D eigenvalue weighted by Gasteiger charge is 2.27. The maximum atomic E-state index is 13.1. The quantitative estimate of drug-likeness (QED) is 0.0705. The third-order valence-electron chi connectivity index (χ3n) is 10.6. The first-order valence-electron chi connectivity index (χ1n) is 19.7. The SMILES string of the molecule is CC(C=CC1=C(C)CCCC1(C)C)=CC=CC(C)=CC(=O)Oc1cc(OC(=O)C=C(C)C=CC=C(C)C=CC2=C(C)CCCC2(C)C)c2c(C)cc(=O)oc2c1. The van der Waals surface area contributed by atoms with E-state index in [-0.39, 0.29) is 27.9 Å². The number of carbonyl (C=O) groups excluding carboxylic acids is 2. The smallest absolute Gasteiger partial charge is 0.336 e. The lowest BCUT2D eigenvalue weighted by Crippen LogP contribution is -2.19. The van der Waals surface area contributed by atoms with Crippen LogP contribution in [0.15, 0.2) is 145 Å². The van der Waals surface area contributed by atoms with Crippen LogP contribution in [0.1, 0.15) is 113 Å². The van der Waals surface area contributed by atoms with Crippen molar-refractivity contribution in [3.8, 4) is 11.5 Å². The summed E-state index contributed by atoms with van der Waals surface area (Å²) >= 11 is 0. The number of benzene rings is 1. The number of fused-ring (bicyclic) bond motifs is 1. The van der Waals surface area contributed by atoms with Crippen molar-refractivity contribution in [2.24, 2.45) is 10.8 Å². The molecule has 6 heteroatoms. The normalized spacial score (nSPS) is 18.7. The third-order valence-corrected chi connectivity index (χ3v) is 10.6. The molecule has 0 aliphatic heterocycles. The molecule has 1 aromatic heterocycles. The summed E-state index contributed by atoms with van der Waals surface area (Å²) in [6.45, 7) is 23.1. The molecular formula is C50H60O6. The van der Waals surface area contributed by atoms with E-state index in [1.807, 2.05) is 50.3 Å². The van der Waals surface area contributed by atoms with Gasteiger partial charge in [-0.2, -0.15) is 0 Å². The van der Waals surface area contributed by atoms with Crippen molar-refractivity contribution < 1.29 is 23.5 Å². The summed E-state index contributed by atoms with van der Waals surface area (Å²) in [5.41, 5.74) is 9.76. The predicted molar refractivity (Wildman–Crippen MR) is 231 cm³/mol. The van der Waals surface area contributed by atoms with E-state index >= 15 is 0 Å². The van der Waals surface area contributed by atoms with Crippen LogP contribution in [0.2, 0.25) is 0 Å². The molecule has 0 saturated carbocycles. The minimum absolute atomic E-state index is 0.0695. The minimum Gasteiger partial charge on any atom is -0.423 e. The van der Waals surface area contributed by atoms with Crippen molar-refractivity contribution in [2.75, 3.05) is 0 Å². The van der Waals surface area contributed by atoms with Crippen molar-refractivity contribution >= 4 is 22.9 Å². The molecule has 1 aromatic carbocycles. The van der Waals surface area contributed by atoms with E-state index in [0.29, 0.717) is 22.1 Å². The number of allylic oxidation sites excluding steroid dienone is 18. The van der Waals surface area contributed by atoms with Crippen molar-refractivity contribution in [2.45, 2.75) is 115 Å². The van der Waals surface area contributed by atoms with Crippen LogP contribution >= 0.6 is 0 Å². The van der Waals surface area contributed by atoms with Crippen molar-refractivity contribution in [3.63, 3.8) is 0 Å². The summed E-state index contributed by atoms with van der Waals surface area (Å²) in [4.78, 5) is 38.3. The summed E-state index contributed by atoms with van der Waals surface area (Å²) in [6, 6.07) is 4.22. The molecule has 4 rings (SSSR count). The summed E-state index contributed by atoms with van der Waals surface area (Å²) in [5.74, 6) is -1.08. The number of carbonyl (C=O) groups is 2. The first kappa shape index (κ1) is 43.5. The number of esters is 2. The number of aryl methyl sites for hydroxylation is 1. The maximum absolute atomic E-state index is 13.1. The first-order valence-corrected chi connectivity index (χ1v) is 19.7. The molecule has 0 bridgehead atoms. The van der Waals surface area contributed by atoms with Gasteiger partial charge in [0, 0.05) is 30.4 Å². The Balaban J connectivity index is 1.45. The standard InChI is InChI=1S/C50H60O6/c1-33(22-24-41-37(5)20-14-26-49(41,8)9)16-12-18-35(3)28-45(51)54-40-31-43(48-39(7)30-47(53)56-44(48)32-40)55-46(52)29-36(4)19-13-17-34(2)23-25-42-38(6)21-15-27-50(42,10)11/h12-13,16-19,22-25,28-32H,14-15,20-21,26-27H2,1-11H3. The van der Waals surface area contributed by atoms with Gasteiger partial charge in [0.1, 0.15) is 17.1 Å². The third kappa shape index (κ3) is 12.4. The fraction of sp³-hybridized carbons (Fsp3) is 0.380. The number of hydrogen-bond donors (Lipinski definition) is 0. The van der Waals surface area contributed by atoms with Gasteiger partial charge in [0.25, 0.3) is 0 Å². The van der Waals surface area contributed by atoms with Crippen molar-refractivity contribution in [1.82, 2.24) is 0 Å². The van der Waals surface area contributed by atoms with Gasteiger partial charge in [-0.15, -0.1) is 0 Å². The number of hydrogen-bond acceptors (Lipinski definition) is 6. The molecule has 0 fully saturated rings. The summed E-state index contributed by atoms with van der Waals surface area (Å²) in [5, 5.41) is 0.431. The van der Waals surface area contributed by atoms with E-state index in [1.54, 1.807) is 13.8 Å². The largest absolute Gasteiger partial charge is 0.423 e. The van der Waals surface area contributed by atoms with Crippen LogP contribution in [0.4, 0.5) is 0 Å². The van der Waals surface area contributed by atoms with E-state index < -0.39 is 17.6 Å². The van der Waals surface area contributed by atoms with Crippen LogP contribution in [0.3, 0.4) is 0 Å². The van der Waals surface area contributed by atoms with Gasteiger partial charge in [0.05, 0.1) is 5.39 Å². The molecule has 2 aliphatic rings. The van der Waals surface area contributed by atoms with Crippen LogP contribution in [0.5, 0.6) is 11.5 Å². The van der Waals surface area contributed by atoms with Crippen LogP contribution in [0.25, 0.3) is 11.0 Å². The van der Waals surface area contributed by atoms with Crippen molar-refractivity contribution in [3.05, 3.63) is 152 Å². The zero-order chi connectivity index (χ0) is 41.2. The molecule has 2 aliphatic carbocycles. The molecule has 0 radical (unpaired) electrons. The van der Waals surface area contributed by atoms with Crippen LogP contribution in [-0.4, -0.2) is 11.9 Å². The fourth-order valence-electron chi connectivity index (χ4n) is 7.58. The Morgan fingerprint density at radius 2 is 1.14 bits per heavy atom. The predicted octanol–water partition coefficient (Wildman–Crippen LogP) is 13.0. The lowest BCUT2D eigenvalue weighted by Gasteiger charge is -2.33. The van der Waals surface area contributed by atoms with Gasteiger partial charge in [0.15, 0.2) is 0 Å². The van der Waals surface area contributed by atoms with Crippen LogP contribution in [-0.2, 0) is 9.59 Å². The molecule has 2 aromatic rings. The Morgan fingerprint density at radius 1 is 0.661 bits per heavy atom. The second kappa shape index (κ2) is 19.1. The summed E-state index contributed by atoms with van der Waals surface area (Å²) in [6.07, 6.45) is 30.1. The summed E-state index contributed by atoms with van der Waals surface area (Å²) in [7, 11) is 0. The monoisotopic (exact) mass is 756 g/mol. The minimum atomic E-state index is -0.630. The molecule has 0 amide bonds. The Kier molecular flexibility index (Phi) is 14.8. The zero-order valence-electron chi connectivity index (χ0n) is 35.4. The van der Waals surface area contributed by atoms with E-state index in [4.69, 9.17) is 13.9 Å². The topological polar surface area (TPSA) is 82.8 Å². The van der Waals surface area contributed by atoms with Gasteiger partial charge in [0.2, 0.25) is 0 Å². The van der Waals surface area contributed by atoms with Crippen molar-refractivity contribution in [1.29, 1.82) is 0 Å². The van der Waals surface area contributed by atoms with Gasteiger partial charge in [-0.3, -0.25) is 0 Å². The molecule has 0 unspecified atom stereocenters. The lowest BCUT2D eigenvalue weighted by molar-refractivity contribution is -0.129. The maximum Gasteiger partial charge on any atom is 0.336 e. The Labute approximate surface area is 334 Å². The Hall–Kier alpha value is -5.23. The molecule has 0 N–H and O–H groups in total. The van der Waals surface area contributed by atoms with Gasteiger partial charge in [-0.05, 0) is 126 Å². The first-order chi connectivity index (χ1) is 26.3. The van der Waals surface area contributed by atoms with Gasteiger partial charge in [-0.25, -0.2) is 14.4 Å². The summed E-state index contributed by atoms with van der Waals surface area (Å²) < 4.78 is 16.8. The number of ether oxygens (including phenoxy) is 2. The highest BCUT2D eigenvalue weighted by Crippen LogP contribution is 2.42. The van der Waals surface area contributed by atoms with E-state index in [2.05, 4.69) is 72.8 Å². The molecule has 296 valence electrons. The number of rotatable bonds is 12. The Morgan fingerprint density at radius 3 is 1.62 bits per heavy atom. The van der Waals surface area contributed by atoms with E-state index in [0.717, 1.165) is 24.0 Å². The molecule has 0 spiro atoms. The molecular weight excluding hydrogens is 697 g/mol. The van der Waals surface area contributed by atoms with Gasteiger partial charge in [-0.1, -0.05) is 111 Å². The second-order valence-corrected chi connectivity index (χ2v) is 16.7. The Bertz CT molecular complexity index is 2210. The highest BCUT2D eigenvalue weighted by molar-refractivity contribution is 5.94. The van der Waals surface area contributed by atoms with Crippen LogP contribution in [0, 0.1) is 17.8 Å². The van der Waals surface area contributed by atoms with E-state index in [9.17, 15) is 14.4 Å². The molecule has 56 heavy (non-hydrogen) atoms. The molecule has 6 nitrogen and oxygen atoms in total. The molecule has 0 saturated heterocycles. The average molecular weight is 757 g/mol. The molecule has 1 heterocycles. The van der Waals surface area contributed by atoms with Crippen LogP contribution < -0.4 is 15.1 Å². The zero-order valence-corrected chi connectivity index (χ0v) is 35.4. The second-order valence-electron chi connectivity index (χ2n) is 16.7. The van der Waals surface area contributed by atoms with Gasteiger partial charge >= 0.3 is 17.6 Å². The van der Waals surface area contributed by atoms with Gasteiger partial charge < -0.3 is 13.9 Å². The van der Waals surface area contributed by atoms with E-state index in [1.165, 1.54) is 78.3 Å².